The Morgan fingerprint density at radius 3 is 2.74 bits per heavy atom. The lowest BCUT2D eigenvalue weighted by Crippen LogP contribution is -2.05. The molecule has 1 aliphatic heterocycles. The third-order valence-corrected chi connectivity index (χ3v) is 4.21. The maximum absolute atomic E-state index is 12.2. The lowest BCUT2D eigenvalue weighted by Gasteiger charge is -2.12. The highest BCUT2D eigenvalue weighted by molar-refractivity contribution is 6.32. The number of halogens is 2. The standard InChI is InChI=1S/C20H17Cl2NO4/c1-3-7-26-18-15(22)8-12(10-17(18)25-2)9-16-20(24)27-19(23-16)13-5-4-6-14(21)11-13/h4-6,8-11H,3,7H2,1-2H3/b16-9+. The molecule has 0 radical (unpaired) electrons. The zero-order valence-corrected chi connectivity index (χ0v) is 16.3. The summed E-state index contributed by atoms with van der Waals surface area (Å²) in [7, 11) is 1.53. The van der Waals surface area contributed by atoms with Gasteiger partial charge in [0.2, 0.25) is 5.90 Å². The number of esters is 1. The first kappa shape index (κ1) is 19.3. The third-order valence-electron chi connectivity index (χ3n) is 3.70. The van der Waals surface area contributed by atoms with Gasteiger partial charge >= 0.3 is 5.97 Å². The van der Waals surface area contributed by atoms with Gasteiger partial charge in [0.25, 0.3) is 0 Å². The van der Waals surface area contributed by atoms with Crippen LogP contribution in [0.1, 0.15) is 24.5 Å². The van der Waals surface area contributed by atoms with E-state index in [9.17, 15) is 4.79 Å². The van der Waals surface area contributed by atoms with E-state index in [-0.39, 0.29) is 11.6 Å². The molecule has 0 fully saturated rings. The van der Waals surface area contributed by atoms with E-state index in [0.29, 0.717) is 39.3 Å². The Morgan fingerprint density at radius 1 is 1.22 bits per heavy atom. The molecule has 140 valence electrons. The van der Waals surface area contributed by atoms with E-state index >= 15 is 0 Å². The number of ether oxygens (including phenoxy) is 3. The van der Waals surface area contributed by atoms with Crippen LogP contribution >= 0.6 is 23.2 Å². The van der Waals surface area contributed by atoms with E-state index < -0.39 is 5.97 Å². The summed E-state index contributed by atoms with van der Waals surface area (Å²) in [6.45, 7) is 2.52. The van der Waals surface area contributed by atoms with Crippen LogP contribution in [0.3, 0.4) is 0 Å². The molecule has 2 aromatic rings. The minimum absolute atomic E-state index is 0.158. The number of nitrogens with zero attached hydrogens (tertiary/aromatic N) is 1. The molecule has 2 aromatic carbocycles. The molecule has 1 aliphatic rings. The van der Waals surface area contributed by atoms with Crippen molar-refractivity contribution in [3.63, 3.8) is 0 Å². The summed E-state index contributed by atoms with van der Waals surface area (Å²) >= 11 is 12.3. The molecule has 7 heteroatoms. The van der Waals surface area contributed by atoms with E-state index in [0.717, 1.165) is 6.42 Å². The largest absolute Gasteiger partial charge is 0.493 e. The van der Waals surface area contributed by atoms with Crippen molar-refractivity contribution in [2.75, 3.05) is 13.7 Å². The molecule has 0 saturated heterocycles. The van der Waals surface area contributed by atoms with Crippen LogP contribution in [0.4, 0.5) is 0 Å². The maximum atomic E-state index is 12.2. The fraction of sp³-hybridized carbons (Fsp3) is 0.200. The second-order valence-electron chi connectivity index (χ2n) is 5.73. The fourth-order valence-electron chi connectivity index (χ4n) is 2.48. The summed E-state index contributed by atoms with van der Waals surface area (Å²) in [6.07, 6.45) is 2.43. The van der Waals surface area contributed by atoms with Crippen LogP contribution in [0.25, 0.3) is 6.08 Å². The molecule has 0 aliphatic carbocycles. The van der Waals surface area contributed by atoms with Crippen molar-refractivity contribution < 1.29 is 19.0 Å². The van der Waals surface area contributed by atoms with Gasteiger partial charge in [0, 0.05) is 10.6 Å². The minimum atomic E-state index is -0.550. The molecule has 27 heavy (non-hydrogen) atoms. The van der Waals surface area contributed by atoms with Crippen molar-refractivity contribution in [2.24, 2.45) is 4.99 Å². The zero-order valence-electron chi connectivity index (χ0n) is 14.8. The Labute approximate surface area is 167 Å². The number of methoxy groups -OCH3 is 1. The number of cyclic esters (lactones) is 1. The minimum Gasteiger partial charge on any atom is -0.493 e. The van der Waals surface area contributed by atoms with Gasteiger partial charge in [0.05, 0.1) is 18.7 Å². The van der Waals surface area contributed by atoms with E-state index in [4.69, 9.17) is 37.4 Å². The average molecular weight is 406 g/mol. The summed E-state index contributed by atoms with van der Waals surface area (Å²) in [5, 5.41) is 0.919. The van der Waals surface area contributed by atoms with Crippen LogP contribution in [-0.2, 0) is 9.53 Å². The maximum Gasteiger partial charge on any atom is 0.363 e. The van der Waals surface area contributed by atoms with Gasteiger partial charge in [0.1, 0.15) is 0 Å². The van der Waals surface area contributed by atoms with Crippen molar-refractivity contribution in [1.82, 2.24) is 0 Å². The van der Waals surface area contributed by atoms with Gasteiger partial charge in [0.15, 0.2) is 17.2 Å². The Kier molecular flexibility index (Phi) is 6.04. The average Bonchev–Trinajstić information content (AvgIpc) is 3.01. The predicted molar refractivity (Wildman–Crippen MR) is 106 cm³/mol. The van der Waals surface area contributed by atoms with E-state index in [1.165, 1.54) is 7.11 Å². The fourth-order valence-corrected chi connectivity index (χ4v) is 2.94. The molecule has 0 aromatic heterocycles. The van der Waals surface area contributed by atoms with Crippen LogP contribution in [0.2, 0.25) is 10.0 Å². The molecular weight excluding hydrogens is 389 g/mol. The Balaban J connectivity index is 1.94. The SMILES string of the molecule is CCCOc1c(Cl)cc(/C=C2/N=C(c3cccc(Cl)c3)OC2=O)cc1OC. The van der Waals surface area contributed by atoms with Gasteiger partial charge in [-0.1, -0.05) is 36.2 Å². The quantitative estimate of drug-likeness (QED) is 0.493. The lowest BCUT2D eigenvalue weighted by molar-refractivity contribution is -0.129. The van der Waals surface area contributed by atoms with Gasteiger partial charge in [-0.15, -0.1) is 0 Å². The number of hydrogen-bond acceptors (Lipinski definition) is 5. The second-order valence-corrected chi connectivity index (χ2v) is 6.57. The molecule has 0 bridgehead atoms. The van der Waals surface area contributed by atoms with Gasteiger partial charge in [-0.05, 0) is 48.4 Å². The zero-order chi connectivity index (χ0) is 19.4. The molecule has 5 nitrogen and oxygen atoms in total. The Morgan fingerprint density at radius 2 is 2.04 bits per heavy atom. The molecule has 3 rings (SSSR count). The Hall–Kier alpha value is -2.50. The summed E-state index contributed by atoms with van der Waals surface area (Å²) in [5.74, 6) is 0.606. The molecule has 0 unspecified atom stereocenters. The number of benzene rings is 2. The monoisotopic (exact) mass is 405 g/mol. The highest BCUT2D eigenvalue weighted by Crippen LogP contribution is 2.37. The van der Waals surface area contributed by atoms with Crippen LogP contribution in [-0.4, -0.2) is 25.6 Å². The van der Waals surface area contributed by atoms with Crippen LogP contribution in [0.15, 0.2) is 47.1 Å². The molecule has 0 N–H and O–H groups in total. The second kappa shape index (κ2) is 8.46. The number of hydrogen-bond donors (Lipinski definition) is 0. The molecule has 0 saturated carbocycles. The first-order chi connectivity index (χ1) is 13.0. The molecule has 0 spiro atoms. The van der Waals surface area contributed by atoms with Gasteiger partial charge < -0.3 is 14.2 Å². The number of carbonyl (C=O) groups is 1. The third kappa shape index (κ3) is 4.43. The van der Waals surface area contributed by atoms with Crippen molar-refractivity contribution in [1.29, 1.82) is 0 Å². The van der Waals surface area contributed by atoms with E-state index in [1.807, 2.05) is 6.92 Å². The normalized spacial score (nSPS) is 14.9. The van der Waals surface area contributed by atoms with Gasteiger partial charge in [-0.2, -0.15) is 0 Å². The lowest BCUT2D eigenvalue weighted by atomic mass is 10.1. The van der Waals surface area contributed by atoms with Crippen molar-refractivity contribution in [3.05, 3.63) is 63.3 Å². The van der Waals surface area contributed by atoms with Gasteiger partial charge in [-0.25, -0.2) is 9.79 Å². The molecule has 1 heterocycles. The summed E-state index contributed by atoms with van der Waals surface area (Å²) in [6, 6.07) is 10.3. The van der Waals surface area contributed by atoms with E-state index in [2.05, 4.69) is 4.99 Å². The van der Waals surface area contributed by atoms with E-state index in [1.54, 1.807) is 42.5 Å². The van der Waals surface area contributed by atoms with Crippen molar-refractivity contribution in [2.45, 2.75) is 13.3 Å². The van der Waals surface area contributed by atoms with Crippen molar-refractivity contribution in [3.8, 4) is 11.5 Å². The number of rotatable bonds is 6. The number of aliphatic imine (C=N–C) groups is 1. The topological polar surface area (TPSA) is 57.1 Å². The summed E-state index contributed by atoms with van der Waals surface area (Å²) < 4.78 is 16.2. The number of carbonyl (C=O) groups excluding carboxylic acids is 1. The summed E-state index contributed by atoms with van der Waals surface area (Å²) in [4.78, 5) is 16.4. The van der Waals surface area contributed by atoms with Crippen LogP contribution in [0.5, 0.6) is 11.5 Å². The smallest absolute Gasteiger partial charge is 0.363 e. The Bertz CT molecular complexity index is 938. The first-order valence-corrected chi connectivity index (χ1v) is 9.06. The first-order valence-electron chi connectivity index (χ1n) is 8.30. The van der Waals surface area contributed by atoms with Crippen LogP contribution < -0.4 is 9.47 Å². The van der Waals surface area contributed by atoms with Crippen molar-refractivity contribution >= 4 is 41.1 Å². The van der Waals surface area contributed by atoms with Crippen LogP contribution in [0, 0.1) is 0 Å². The molecule has 0 atom stereocenters. The highest BCUT2D eigenvalue weighted by atomic mass is 35.5. The summed E-state index contributed by atoms with van der Waals surface area (Å²) in [5.41, 5.74) is 1.42. The highest BCUT2D eigenvalue weighted by Gasteiger charge is 2.24. The van der Waals surface area contributed by atoms with Gasteiger partial charge in [-0.3, -0.25) is 0 Å². The molecular formula is C20H17Cl2NO4. The predicted octanol–water partition coefficient (Wildman–Crippen LogP) is 5.14. The molecule has 0 amide bonds.